The van der Waals surface area contributed by atoms with Gasteiger partial charge in [-0.05, 0) is 97.7 Å². The van der Waals surface area contributed by atoms with Gasteiger partial charge in [-0.1, -0.05) is 20.8 Å². The van der Waals surface area contributed by atoms with Crippen molar-refractivity contribution in [2.75, 3.05) is 33.2 Å². The van der Waals surface area contributed by atoms with Crippen LogP contribution >= 0.6 is 0 Å². The van der Waals surface area contributed by atoms with Crippen molar-refractivity contribution in [1.29, 1.82) is 0 Å². The number of fused-ring (bicyclic) bond motifs is 5. The Balaban J connectivity index is 1.20. The van der Waals surface area contributed by atoms with Crippen LogP contribution < -0.4 is 5.32 Å². The van der Waals surface area contributed by atoms with Gasteiger partial charge in [-0.2, -0.15) is 0 Å². The van der Waals surface area contributed by atoms with Gasteiger partial charge in [-0.3, -0.25) is 4.79 Å². The molecule has 5 fully saturated rings. The molecule has 5 rings (SSSR count). The average Bonchev–Trinajstić information content (AvgIpc) is 3.43. The molecule has 0 aromatic rings. The molecular formula is C31H55N2O4+. The summed E-state index contributed by atoms with van der Waals surface area (Å²) in [6, 6.07) is 0. The maximum absolute atomic E-state index is 12.7. The minimum absolute atomic E-state index is 0.113. The summed E-state index contributed by atoms with van der Waals surface area (Å²) >= 11 is 0. The molecule has 0 radical (unpaired) electrons. The maximum atomic E-state index is 12.7. The van der Waals surface area contributed by atoms with E-state index in [1.165, 1.54) is 25.9 Å². The van der Waals surface area contributed by atoms with Crippen molar-refractivity contribution < 1.29 is 24.6 Å². The van der Waals surface area contributed by atoms with Gasteiger partial charge >= 0.3 is 0 Å². The lowest BCUT2D eigenvalue weighted by molar-refractivity contribution is -0.896. The molecule has 1 aliphatic heterocycles. The highest BCUT2D eigenvalue weighted by Crippen LogP contribution is 2.68. The zero-order chi connectivity index (χ0) is 26.6. The van der Waals surface area contributed by atoms with E-state index in [9.17, 15) is 20.1 Å². The monoisotopic (exact) mass is 519 g/mol. The number of nitrogens with one attached hydrogen (secondary N) is 1. The van der Waals surface area contributed by atoms with Crippen LogP contribution in [0.3, 0.4) is 0 Å². The van der Waals surface area contributed by atoms with Crippen molar-refractivity contribution in [2.24, 2.45) is 46.3 Å². The van der Waals surface area contributed by atoms with Gasteiger partial charge in [0.1, 0.15) is 0 Å². The number of hydrogen-bond donors (Lipinski definition) is 4. The number of likely N-dealkylation sites (N-methyl/N-ethyl adjacent to an activating group) is 1. The third-order valence-corrected chi connectivity index (χ3v) is 13.0. The van der Waals surface area contributed by atoms with E-state index >= 15 is 0 Å². The van der Waals surface area contributed by atoms with Crippen LogP contribution in [-0.2, 0) is 4.79 Å². The second-order valence-electron chi connectivity index (χ2n) is 14.9. The number of aliphatic hydroxyl groups is 3. The quantitative estimate of drug-likeness (QED) is 0.386. The van der Waals surface area contributed by atoms with E-state index in [1.54, 1.807) is 0 Å². The summed E-state index contributed by atoms with van der Waals surface area (Å²) in [5.41, 5.74) is -0.0779. The van der Waals surface area contributed by atoms with Gasteiger partial charge in [0.25, 0.3) is 0 Å². The van der Waals surface area contributed by atoms with E-state index < -0.39 is 0 Å². The van der Waals surface area contributed by atoms with Crippen LogP contribution in [0.4, 0.5) is 0 Å². The minimum Gasteiger partial charge on any atom is -0.393 e. The van der Waals surface area contributed by atoms with Crippen molar-refractivity contribution in [2.45, 2.75) is 110 Å². The molecule has 11 atom stereocenters. The molecule has 1 saturated heterocycles. The fourth-order valence-corrected chi connectivity index (χ4v) is 10.6. The predicted molar refractivity (Wildman–Crippen MR) is 145 cm³/mol. The summed E-state index contributed by atoms with van der Waals surface area (Å²) in [5, 5.41) is 36.7. The third-order valence-electron chi connectivity index (χ3n) is 13.0. The standard InChI is InChI=1S/C31H54N2O4/c1-20(7-10-28(37)32-13-16-33(4)14-5-6-15-33)23-8-9-24-29-25(19-27(36)31(23,24)3)30(2)12-11-22(34)17-21(30)18-26(29)35/h20-27,29,34-36H,5-19H2,1-4H3/p+1/t20-,21+,22-,23-,24+,25+,26-,27+,29+,30+,31-/m1/s1. The smallest absolute Gasteiger partial charge is 0.220 e. The molecule has 1 heterocycles. The van der Waals surface area contributed by atoms with Crippen LogP contribution in [0.15, 0.2) is 0 Å². The van der Waals surface area contributed by atoms with Gasteiger partial charge in [0, 0.05) is 19.3 Å². The molecule has 0 aromatic heterocycles. The second kappa shape index (κ2) is 10.4. The highest BCUT2D eigenvalue weighted by atomic mass is 16.3. The molecule has 0 unspecified atom stereocenters. The molecule has 0 bridgehead atoms. The van der Waals surface area contributed by atoms with Gasteiger partial charge in [0.05, 0.1) is 51.5 Å². The van der Waals surface area contributed by atoms with E-state index in [4.69, 9.17) is 0 Å². The van der Waals surface area contributed by atoms with Crippen LogP contribution in [0, 0.1) is 46.3 Å². The number of hydrogen-bond acceptors (Lipinski definition) is 4. The summed E-state index contributed by atoms with van der Waals surface area (Å²) in [6.07, 6.45) is 9.52. The molecule has 212 valence electrons. The Morgan fingerprint density at radius 1 is 1.03 bits per heavy atom. The number of carbonyl (C=O) groups excluding carboxylic acids is 1. The Bertz CT molecular complexity index is 830. The first-order chi connectivity index (χ1) is 17.5. The first kappa shape index (κ1) is 27.9. The highest BCUT2D eigenvalue weighted by Gasteiger charge is 2.65. The zero-order valence-electron chi connectivity index (χ0n) is 24.0. The third kappa shape index (κ3) is 4.91. The molecule has 6 heteroatoms. The Morgan fingerprint density at radius 3 is 2.49 bits per heavy atom. The van der Waals surface area contributed by atoms with E-state index in [0.717, 1.165) is 68.9 Å². The van der Waals surface area contributed by atoms with Crippen LogP contribution in [0.5, 0.6) is 0 Å². The van der Waals surface area contributed by atoms with Gasteiger partial charge in [-0.15, -0.1) is 0 Å². The Morgan fingerprint density at radius 2 is 1.76 bits per heavy atom. The number of aliphatic hydroxyl groups excluding tert-OH is 3. The summed E-state index contributed by atoms with van der Waals surface area (Å²) in [7, 11) is 2.31. The van der Waals surface area contributed by atoms with Gasteiger partial charge in [-0.25, -0.2) is 0 Å². The lowest BCUT2D eigenvalue weighted by Gasteiger charge is -2.63. The number of carbonyl (C=O) groups is 1. The van der Waals surface area contributed by atoms with Crippen molar-refractivity contribution >= 4 is 5.91 Å². The van der Waals surface area contributed by atoms with E-state index in [0.29, 0.717) is 36.0 Å². The fraction of sp³-hybridized carbons (Fsp3) is 0.968. The summed E-state index contributed by atoms with van der Waals surface area (Å²) in [5.74, 6) is 2.22. The first-order valence-electron chi connectivity index (χ1n) is 15.6. The molecule has 37 heavy (non-hydrogen) atoms. The number of amides is 1. The minimum atomic E-state index is -0.359. The molecule has 5 aliphatic rings. The van der Waals surface area contributed by atoms with Crippen LogP contribution in [0.1, 0.15) is 91.4 Å². The number of quaternary nitrogens is 1. The normalized spacial score (nSPS) is 47.5. The fourth-order valence-electron chi connectivity index (χ4n) is 10.6. The predicted octanol–water partition coefficient (Wildman–Crippen LogP) is 3.72. The van der Waals surface area contributed by atoms with Crippen LogP contribution in [-0.4, -0.2) is 77.2 Å². The van der Waals surface area contributed by atoms with Crippen molar-refractivity contribution in [3.05, 3.63) is 0 Å². The van der Waals surface area contributed by atoms with E-state index in [2.05, 4.69) is 33.1 Å². The van der Waals surface area contributed by atoms with Crippen LogP contribution in [0.25, 0.3) is 0 Å². The summed E-state index contributed by atoms with van der Waals surface area (Å²) in [4.78, 5) is 12.7. The lowest BCUT2D eigenvalue weighted by atomic mass is 9.43. The molecule has 0 spiro atoms. The zero-order valence-corrected chi connectivity index (χ0v) is 24.0. The molecule has 4 aliphatic carbocycles. The second-order valence-corrected chi connectivity index (χ2v) is 14.9. The Kier molecular flexibility index (Phi) is 7.81. The maximum Gasteiger partial charge on any atom is 0.220 e. The molecule has 0 aromatic carbocycles. The summed E-state index contributed by atoms with van der Waals surface area (Å²) < 4.78 is 1.09. The highest BCUT2D eigenvalue weighted by molar-refractivity contribution is 5.75. The van der Waals surface area contributed by atoms with E-state index in [1.807, 2.05) is 0 Å². The number of rotatable bonds is 7. The van der Waals surface area contributed by atoms with Gasteiger partial charge < -0.3 is 25.1 Å². The van der Waals surface area contributed by atoms with Crippen molar-refractivity contribution in [1.82, 2.24) is 5.32 Å². The van der Waals surface area contributed by atoms with Gasteiger partial charge in [0.15, 0.2) is 0 Å². The summed E-state index contributed by atoms with van der Waals surface area (Å²) in [6.45, 7) is 11.2. The van der Waals surface area contributed by atoms with Crippen molar-refractivity contribution in [3.63, 3.8) is 0 Å². The van der Waals surface area contributed by atoms with Crippen molar-refractivity contribution in [3.8, 4) is 0 Å². The molecule has 4 N–H and O–H groups in total. The Labute approximate surface area is 225 Å². The molecule has 1 amide bonds. The number of likely N-dealkylation sites (tertiary alicyclic amines) is 1. The number of nitrogens with zero attached hydrogens (tertiary/aromatic N) is 1. The topological polar surface area (TPSA) is 89.8 Å². The average molecular weight is 520 g/mol. The van der Waals surface area contributed by atoms with Gasteiger partial charge in [0.2, 0.25) is 5.91 Å². The first-order valence-corrected chi connectivity index (χ1v) is 15.6. The lowest BCUT2D eigenvalue weighted by Crippen LogP contribution is -2.62. The molecular weight excluding hydrogens is 464 g/mol. The molecule has 6 nitrogen and oxygen atoms in total. The SMILES string of the molecule is C[C@H](CCC(=O)NCC[N+]1(C)CCCC1)[C@H]1CC[C@H]2[C@@H]3[C@H](O)C[C@@H]4C[C@H](O)CC[C@]4(C)[C@H]3C[C@H](O)[C@]12C. The Hall–Kier alpha value is -0.690. The largest absolute Gasteiger partial charge is 0.393 e. The van der Waals surface area contributed by atoms with Crippen LogP contribution in [0.2, 0.25) is 0 Å². The van der Waals surface area contributed by atoms with E-state index in [-0.39, 0.29) is 41.0 Å². The molecule has 4 saturated carbocycles.